The Morgan fingerprint density at radius 2 is 2.27 bits per heavy atom. The lowest BCUT2D eigenvalue weighted by Gasteiger charge is -2.25. The third-order valence-electron chi connectivity index (χ3n) is 5.20. The number of methoxy groups -OCH3 is 1. The molecule has 0 aromatic heterocycles. The molecular formula is C19H30IN3O3. The number of aliphatic imine (C=N–C) groups is 1. The van der Waals surface area contributed by atoms with Gasteiger partial charge in [-0.2, -0.15) is 0 Å². The zero-order valence-corrected chi connectivity index (χ0v) is 18.0. The molecule has 26 heavy (non-hydrogen) atoms. The molecule has 2 fully saturated rings. The van der Waals surface area contributed by atoms with Gasteiger partial charge in [0.05, 0.1) is 13.7 Å². The van der Waals surface area contributed by atoms with E-state index in [0.717, 1.165) is 50.8 Å². The van der Waals surface area contributed by atoms with E-state index >= 15 is 0 Å². The summed E-state index contributed by atoms with van der Waals surface area (Å²) in [6, 6.07) is 5.58. The Kier molecular flexibility index (Phi) is 7.82. The van der Waals surface area contributed by atoms with E-state index in [2.05, 4.69) is 17.1 Å². The van der Waals surface area contributed by atoms with Crippen LogP contribution >= 0.6 is 24.0 Å². The number of nitrogens with zero attached hydrogens (tertiary/aromatic N) is 2. The van der Waals surface area contributed by atoms with Crippen LogP contribution in [0.4, 0.5) is 0 Å². The first-order valence-corrected chi connectivity index (χ1v) is 9.13. The quantitative estimate of drug-likeness (QED) is 0.390. The third kappa shape index (κ3) is 4.73. The minimum absolute atomic E-state index is 0. The maximum absolute atomic E-state index is 10.2. The highest BCUT2D eigenvalue weighted by Crippen LogP contribution is 2.38. The number of aromatic hydroxyl groups is 1. The number of phenolic OH excluding ortho intramolecular Hbond substituents is 1. The molecule has 1 unspecified atom stereocenters. The Morgan fingerprint density at radius 3 is 2.96 bits per heavy atom. The SMILES string of the molecule is CCNC(=NCCc1cccc(OC)c1O)N1CCC2(CCOC2)C1.I. The average molecular weight is 475 g/mol. The van der Waals surface area contributed by atoms with E-state index in [-0.39, 0.29) is 29.7 Å². The number of hydrogen-bond donors (Lipinski definition) is 2. The smallest absolute Gasteiger partial charge is 0.193 e. The van der Waals surface area contributed by atoms with E-state index < -0.39 is 0 Å². The molecule has 146 valence electrons. The van der Waals surface area contributed by atoms with Crippen LogP contribution in [-0.2, 0) is 11.2 Å². The lowest BCUT2D eigenvalue weighted by molar-refractivity contribution is 0.156. The number of likely N-dealkylation sites (tertiary alicyclic amines) is 1. The topological polar surface area (TPSA) is 66.3 Å². The number of nitrogens with one attached hydrogen (secondary N) is 1. The predicted octanol–water partition coefficient (Wildman–Crippen LogP) is 2.64. The van der Waals surface area contributed by atoms with E-state index in [1.165, 1.54) is 6.42 Å². The first kappa shape index (κ1) is 21.1. The van der Waals surface area contributed by atoms with Crippen LogP contribution in [-0.4, -0.2) is 62.5 Å². The van der Waals surface area contributed by atoms with Crippen molar-refractivity contribution in [2.75, 3.05) is 46.5 Å². The van der Waals surface area contributed by atoms with Crippen molar-refractivity contribution in [2.45, 2.75) is 26.2 Å². The highest BCUT2D eigenvalue weighted by Gasteiger charge is 2.42. The number of halogens is 1. The first-order chi connectivity index (χ1) is 12.2. The number of rotatable bonds is 5. The van der Waals surface area contributed by atoms with E-state index in [9.17, 15) is 5.11 Å². The summed E-state index contributed by atoms with van der Waals surface area (Å²) in [5.74, 6) is 1.69. The number of ether oxygens (including phenoxy) is 2. The Bertz CT molecular complexity index is 618. The van der Waals surface area contributed by atoms with Crippen molar-refractivity contribution in [3.63, 3.8) is 0 Å². The minimum atomic E-state index is 0. The fourth-order valence-corrected chi connectivity index (χ4v) is 3.73. The molecule has 2 aliphatic rings. The molecule has 2 saturated heterocycles. The Balaban J connectivity index is 0.00000243. The lowest BCUT2D eigenvalue weighted by Crippen LogP contribution is -2.41. The third-order valence-corrected chi connectivity index (χ3v) is 5.20. The van der Waals surface area contributed by atoms with Crippen molar-refractivity contribution in [1.82, 2.24) is 10.2 Å². The summed E-state index contributed by atoms with van der Waals surface area (Å²) in [5.41, 5.74) is 1.18. The fraction of sp³-hybridized carbons (Fsp3) is 0.632. The number of hydrogen-bond acceptors (Lipinski definition) is 4. The van der Waals surface area contributed by atoms with Crippen molar-refractivity contribution in [3.05, 3.63) is 23.8 Å². The van der Waals surface area contributed by atoms with Crippen molar-refractivity contribution in [3.8, 4) is 11.5 Å². The second-order valence-corrected chi connectivity index (χ2v) is 6.93. The largest absolute Gasteiger partial charge is 0.504 e. The minimum Gasteiger partial charge on any atom is -0.504 e. The van der Waals surface area contributed by atoms with Gasteiger partial charge in [0.2, 0.25) is 0 Å². The summed E-state index contributed by atoms with van der Waals surface area (Å²) in [6.07, 6.45) is 3.01. The molecule has 0 bridgehead atoms. The molecule has 0 radical (unpaired) electrons. The molecule has 3 rings (SSSR count). The molecule has 6 nitrogen and oxygen atoms in total. The average Bonchev–Trinajstić information content (AvgIpc) is 3.26. The standard InChI is InChI=1S/C19H29N3O3.HI/c1-3-20-18(22-11-8-19(13-22)9-12-25-14-19)21-10-7-15-5-4-6-16(24-2)17(15)23;/h4-6,23H,3,7-14H2,1-2H3,(H,20,21);1H. The van der Waals surface area contributed by atoms with Gasteiger partial charge < -0.3 is 24.8 Å². The Morgan fingerprint density at radius 1 is 1.42 bits per heavy atom. The molecule has 1 aromatic carbocycles. The summed E-state index contributed by atoms with van der Waals surface area (Å²) in [6.45, 7) is 7.38. The number of phenols is 1. The van der Waals surface area contributed by atoms with Crippen LogP contribution in [0.25, 0.3) is 0 Å². The Labute approximate surface area is 173 Å². The fourth-order valence-electron chi connectivity index (χ4n) is 3.73. The molecule has 2 aliphatic heterocycles. The van der Waals surface area contributed by atoms with E-state index in [4.69, 9.17) is 14.5 Å². The predicted molar refractivity (Wildman–Crippen MR) is 114 cm³/mol. The number of benzene rings is 1. The molecule has 1 atom stereocenters. The van der Waals surface area contributed by atoms with Crippen LogP contribution in [0.1, 0.15) is 25.3 Å². The van der Waals surface area contributed by atoms with Crippen LogP contribution in [0, 0.1) is 5.41 Å². The van der Waals surface area contributed by atoms with Crippen molar-refractivity contribution in [2.24, 2.45) is 10.4 Å². The molecule has 2 N–H and O–H groups in total. The van der Waals surface area contributed by atoms with E-state index in [0.29, 0.717) is 24.1 Å². The summed E-state index contributed by atoms with van der Waals surface area (Å²) in [4.78, 5) is 7.13. The number of para-hydroxylation sites is 1. The zero-order chi connectivity index (χ0) is 17.7. The van der Waals surface area contributed by atoms with Crippen LogP contribution in [0.2, 0.25) is 0 Å². The van der Waals surface area contributed by atoms with Gasteiger partial charge in [-0.15, -0.1) is 24.0 Å². The van der Waals surface area contributed by atoms with Crippen LogP contribution in [0.15, 0.2) is 23.2 Å². The lowest BCUT2D eigenvalue weighted by atomic mass is 9.87. The molecule has 7 heteroatoms. The maximum atomic E-state index is 10.2. The molecule has 0 aliphatic carbocycles. The van der Waals surface area contributed by atoms with E-state index in [1.807, 2.05) is 12.1 Å². The molecule has 2 heterocycles. The monoisotopic (exact) mass is 475 g/mol. The molecular weight excluding hydrogens is 445 g/mol. The van der Waals surface area contributed by atoms with Crippen molar-refractivity contribution < 1.29 is 14.6 Å². The highest BCUT2D eigenvalue weighted by molar-refractivity contribution is 14.0. The second-order valence-electron chi connectivity index (χ2n) is 6.93. The van der Waals surface area contributed by atoms with Crippen LogP contribution in [0.5, 0.6) is 11.5 Å². The summed E-state index contributed by atoms with van der Waals surface area (Å²) < 4.78 is 10.8. The van der Waals surface area contributed by atoms with Crippen molar-refractivity contribution in [1.29, 1.82) is 0 Å². The molecule has 1 spiro atoms. The van der Waals surface area contributed by atoms with Gasteiger partial charge in [0.15, 0.2) is 17.5 Å². The van der Waals surface area contributed by atoms with Gasteiger partial charge in [0, 0.05) is 38.2 Å². The van der Waals surface area contributed by atoms with Crippen LogP contribution < -0.4 is 10.1 Å². The summed E-state index contributed by atoms with van der Waals surface area (Å²) >= 11 is 0. The Hall–Kier alpha value is -1.22. The molecule has 1 aromatic rings. The summed E-state index contributed by atoms with van der Waals surface area (Å²) in [7, 11) is 1.57. The van der Waals surface area contributed by atoms with Gasteiger partial charge in [0.25, 0.3) is 0 Å². The van der Waals surface area contributed by atoms with Gasteiger partial charge >= 0.3 is 0 Å². The highest BCUT2D eigenvalue weighted by atomic mass is 127. The van der Waals surface area contributed by atoms with Gasteiger partial charge in [-0.05, 0) is 37.8 Å². The van der Waals surface area contributed by atoms with Crippen LogP contribution in [0.3, 0.4) is 0 Å². The van der Waals surface area contributed by atoms with Gasteiger partial charge in [-0.1, -0.05) is 12.1 Å². The van der Waals surface area contributed by atoms with Gasteiger partial charge in [-0.3, -0.25) is 4.99 Å². The van der Waals surface area contributed by atoms with Crippen molar-refractivity contribution >= 4 is 29.9 Å². The molecule has 0 amide bonds. The summed E-state index contributed by atoms with van der Waals surface area (Å²) in [5, 5.41) is 13.6. The van der Waals surface area contributed by atoms with Gasteiger partial charge in [-0.25, -0.2) is 0 Å². The maximum Gasteiger partial charge on any atom is 0.193 e. The van der Waals surface area contributed by atoms with E-state index in [1.54, 1.807) is 13.2 Å². The van der Waals surface area contributed by atoms with Gasteiger partial charge in [0.1, 0.15) is 0 Å². The normalized spacial score (nSPS) is 22.5. The number of guanidine groups is 1. The second kappa shape index (κ2) is 9.64. The molecule has 0 saturated carbocycles. The first-order valence-electron chi connectivity index (χ1n) is 9.13. The zero-order valence-electron chi connectivity index (χ0n) is 15.7.